The number of hydrogen-bond donors (Lipinski definition) is 0. The fraction of sp³-hybridized carbons (Fsp3) is 1.00. The first-order valence-corrected chi connectivity index (χ1v) is 7.28. The Balaban J connectivity index is 2.11. The van der Waals surface area contributed by atoms with Crippen LogP contribution < -0.4 is 0 Å². The summed E-state index contributed by atoms with van der Waals surface area (Å²) >= 11 is 0. The molecule has 0 nitrogen and oxygen atoms in total. The van der Waals surface area contributed by atoms with Crippen LogP contribution in [0.25, 0.3) is 0 Å². The third kappa shape index (κ3) is 2.57. The molecule has 2 saturated carbocycles. The Kier molecular flexibility index (Phi) is 3.74. The van der Waals surface area contributed by atoms with Gasteiger partial charge in [0.25, 0.3) is 0 Å². The van der Waals surface area contributed by atoms with Gasteiger partial charge in [-0.2, -0.15) is 0 Å². The van der Waals surface area contributed by atoms with Crippen LogP contribution in [0.2, 0.25) is 0 Å². The largest absolute Gasteiger partial charge is 0.0654 e. The van der Waals surface area contributed by atoms with Crippen molar-refractivity contribution < 1.29 is 0 Å². The van der Waals surface area contributed by atoms with Crippen LogP contribution in [0.15, 0.2) is 0 Å². The van der Waals surface area contributed by atoms with Gasteiger partial charge in [-0.25, -0.2) is 0 Å². The van der Waals surface area contributed by atoms with Crippen molar-refractivity contribution in [2.75, 3.05) is 0 Å². The summed E-state index contributed by atoms with van der Waals surface area (Å²) in [5.74, 6) is 2.17. The lowest BCUT2D eigenvalue weighted by Gasteiger charge is -2.37. The second-order valence-electron chi connectivity index (χ2n) is 6.25. The van der Waals surface area contributed by atoms with Gasteiger partial charge in [0, 0.05) is 0 Å². The van der Waals surface area contributed by atoms with Crippen molar-refractivity contribution in [1.82, 2.24) is 0 Å². The minimum atomic E-state index is 0.751. The van der Waals surface area contributed by atoms with E-state index in [1.165, 1.54) is 25.7 Å². The van der Waals surface area contributed by atoms with E-state index in [0.717, 1.165) is 17.3 Å². The summed E-state index contributed by atoms with van der Waals surface area (Å²) < 4.78 is 0. The van der Waals surface area contributed by atoms with E-state index in [2.05, 4.69) is 13.8 Å². The molecule has 0 N–H and O–H groups in total. The molecule has 15 heavy (non-hydrogen) atoms. The molecule has 0 aromatic carbocycles. The highest BCUT2D eigenvalue weighted by Crippen LogP contribution is 2.50. The highest BCUT2D eigenvalue weighted by molar-refractivity contribution is 4.89. The van der Waals surface area contributed by atoms with Crippen molar-refractivity contribution in [1.29, 1.82) is 0 Å². The van der Waals surface area contributed by atoms with Crippen LogP contribution in [0, 0.1) is 17.3 Å². The molecule has 2 fully saturated rings. The van der Waals surface area contributed by atoms with Gasteiger partial charge in [0.1, 0.15) is 0 Å². The Hall–Kier alpha value is 0. The third-order valence-corrected chi connectivity index (χ3v) is 5.18. The second-order valence-corrected chi connectivity index (χ2v) is 6.25. The number of fused-ring (bicyclic) bond motifs is 3. The molecule has 2 atom stereocenters. The average Bonchev–Trinajstić information content (AvgIpc) is 2.51. The van der Waals surface area contributed by atoms with Gasteiger partial charge < -0.3 is 0 Å². The Morgan fingerprint density at radius 2 is 1.53 bits per heavy atom. The molecule has 2 unspecified atom stereocenters. The van der Waals surface area contributed by atoms with Crippen LogP contribution in [0.3, 0.4) is 0 Å². The predicted molar refractivity (Wildman–Crippen MR) is 66.9 cm³/mol. The molecule has 0 aromatic rings. The fourth-order valence-corrected chi connectivity index (χ4v) is 4.37. The molecule has 0 aliphatic heterocycles. The Labute approximate surface area is 95.8 Å². The van der Waals surface area contributed by atoms with E-state index >= 15 is 0 Å². The van der Waals surface area contributed by atoms with Crippen LogP contribution in [0.4, 0.5) is 0 Å². The SMILES string of the molecule is CCCC1(CC)CC2CCCC(CC2)C1. The molecule has 0 heteroatoms. The van der Waals surface area contributed by atoms with Gasteiger partial charge in [0.15, 0.2) is 0 Å². The van der Waals surface area contributed by atoms with Gasteiger partial charge in [-0.3, -0.25) is 0 Å². The normalized spacial score (nSPS) is 41.2. The summed E-state index contributed by atoms with van der Waals surface area (Å²) in [6.07, 6.45) is 15.2. The maximum absolute atomic E-state index is 2.44. The van der Waals surface area contributed by atoms with E-state index in [4.69, 9.17) is 0 Å². The number of hydrogen-bond acceptors (Lipinski definition) is 0. The standard InChI is InChI=1S/C15H28/c1-3-10-15(4-2)11-13-6-5-7-14(12-15)9-8-13/h13-14H,3-12H2,1-2H3. The molecule has 0 heterocycles. The van der Waals surface area contributed by atoms with Crippen LogP contribution in [-0.2, 0) is 0 Å². The van der Waals surface area contributed by atoms with Crippen molar-refractivity contribution in [3.05, 3.63) is 0 Å². The summed E-state index contributed by atoms with van der Waals surface area (Å²) in [6, 6.07) is 0. The van der Waals surface area contributed by atoms with Gasteiger partial charge >= 0.3 is 0 Å². The Bertz CT molecular complexity index is 180. The highest BCUT2D eigenvalue weighted by atomic mass is 14.4. The molecule has 0 saturated heterocycles. The molecule has 0 aromatic heterocycles. The quantitative estimate of drug-likeness (QED) is 0.600. The summed E-state index contributed by atoms with van der Waals surface area (Å²) in [7, 11) is 0. The average molecular weight is 208 g/mol. The molecule has 2 aliphatic carbocycles. The van der Waals surface area contributed by atoms with Crippen LogP contribution in [-0.4, -0.2) is 0 Å². The monoisotopic (exact) mass is 208 g/mol. The molecule has 2 rings (SSSR count). The van der Waals surface area contributed by atoms with Crippen LogP contribution >= 0.6 is 0 Å². The fourth-order valence-electron chi connectivity index (χ4n) is 4.37. The molecule has 0 spiro atoms. The lowest BCUT2D eigenvalue weighted by atomic mass is 9.68. The highest BCUT2D eigenvalue weighted by Gasteiger charge is 2.37. The molecule has 2 bridgehead atoms. The van der Waals surface area contributed by atoms with E-state index in [1.54, 1.807) is 38.5 Å². The molecular weight excluding hydrogens is 180 g/mol. The first-order chi connectivity index (χ1) is 7.28. The van der Waals surface area contributed by atoms with Crippen LogP contribution in [0.1, 0.15) is 78.1 Å². The minimum absolute atomic E-state index is 0.751. The molecule has 0 amide bonds. The molecule has 88 valence electrons. The zero-order valence-corrected chi connectivity index (χ0v) is 10.7. The smallest absolute Gasteiger partial charge is 0.0295 e. The van der Waals surface area contributed by atoms with E-state index in [9.17, 15) is 0 Å². The van der Waals surface area contributed by atoms with Gasteiger partial charge in [0.05, 0.1) is 0 Å². The zero-order valence-electron chi connectivity index (χ0n) is 10.7. The zero-order chi connectivity index (χ0) is 10.7. The van der Waals surface area contributed by atoms with Crippen molar-refractivity contribution in [2.45, 2.75) is 78.1 Å². The van der Waals surface area contributed by atoms with Gasteiger partial charge in [-0.05, 0) is 36.5 Å². The van der Waals surface area contributed by atoms with Gasteiger partial charge in [-0.15, -0.1) is 0 Å². The minimum Gasteiger partial charge on any atom is -0.0654 e. The lowest BCUT2D eigenvalue weighted by Crippen LogP contribution is -2.25. The molecular formula is C15H28. The van der Waals surface area contributed by atoms with E-state index in [0.29, 0.717) is 0 Å². The van der Waals surface area contributed by atoms with Gasteiger partial charge in [0.2, 0.25) is 0 Å². The Morgan fingerprint density at radius 1 is 0.933 bits per heavy atom. The van der Waals surface area contributed by atoms with Crippen molar-refractivity contribution in [2.24, 2.45) is 17.3 Å². The third-order valence-electron chi connectivity index (χ3n) is 5.18. The summed E-state index contributed by atoms with van der Waals surface area (Å²) in [6.45, 7) is 4.81. The van der Waals surface area contributed by atoms with Crippen molar-refractivity contribution >= 4 is 0 Å². The Morgan fingerprint density at radius 3 is 2.00 bits per heavy atom. The summed E-state index contributed by atoms with van der Waals surface area (Å²) in [4.78, 5) is 0. The van der Waals surface area contributed by atoms with Gasteiger partial charge in [-0.1, -0.05) is 58.8 Å². The van der Waals surface area contributed by atoms with E-state index in [1.807, 2.05) is 0 Å². The molecule has 2 aliphatic rings. The lowest BCUT2D eigenvalue weighted by molar-refractivity contribution is 0.141. The van der Waals surface area contributed by atoms with Crippen molar-refractivity contribution in [3.8, 4) is 0 Å². The second kappa shape index (κ2) is 4.89. The first kappa shape index (κ1) is 11.5. The van der Waals surface area contributed by atoms with Crippen LogP contribution in [0.5, 0.6) is 0 Å². The maximum atomic E-state index is 2.44. The number of rotatable bonds is 3. The summed E-state index contributed by atoms with van der Waals surface area (Å²) in [5, 5.41) is 0. The van der Waals surface area contributed by atoms with E-state index in [-0.39, 0.29) is 0 Å². The van der Waals surface area contributed by atoms with E-state index < -0.39 is 0 Å². The first-order valence-electron chi connectivity index (χ1n) is 7.28. The maximum Gasteiger partial charge on any atom is -0.0295 e. The predicted octanol–water partition coefficient (Wildman–Crippen LogP) is 5.17. The topological polar surface area (TPSA) is 0 Å². The molecule has 0 radical (unpaired) electrons. The van der Waals surface area contributed by atoms with Crippen molar-refractivity contribution in [3.63, 3.8) is 0 Å². The summed E-state index contributed by atoms with van der Waals surface area (Å²) in [5.41, 5.74) is 0.751.